The number of anilines is 1. The monoisotopic (exact) mass is 369 g/mol. The summed E-state index contributed by atoms with van der Waals surface area (Å²) in [6, 6.07) is 12.6. The molecule has 1 fully saturated rings. The molecule has 140 valence electrons. The lowest BCUT2D eigenvalue weighted by Crippen LogP contribution is -2.48. The van der Waals surface area contributed by atoms with Crippen molar-refractivity contribution in [2.75, 3.05) is 31.1 Å². The van der Waals surface area contributed by atoms with E-state index in [0.717, 1.165) is 11.1 Å². The predicted octanol–water partition coefficient (Wildman–Crippen LogP) is 3.49. The molecule has 0 spiro atoms. The highest BCUT2D eigenvalue weighted by molar-refractivity contribution is 5.95. The van der Waals surface area contributed by atoms with E-state index in [1.54, 1.807) is 41.3 Å². The molecular formula is C20H20FN3O3. The first-order chi connectivity index (χ1) is 13.0. The average molecular weight is 369 g/mol. The largest absolute Gasteiger partial charge is 0.362 e. The van der Waals surface area contributed by atoms with Gasteiger partial charge in [0.15, 0.2) is 0 Å². The summed E-state index contributed by atoms with van der Waals surface area (Å²) >= 11 is 0. The Morgan fingerprint density at radius 2 is 1.70 bits per heavy atom. The molecule has 0 unspecified atom stereocenters. The van der Waals surface area contributed by atoms with E-state index in [9.17, 15) is 19.3 Å². The van der Waals surface area contributed by atoms with Crippen molar-refractivity contribution in [3.05, 3.63) is 76.1 Å². The Morgan fingerprint density at radius 1 is 1.07 bits per heavy atom. The fourth-order valence-corrected chi connectivity index (χ4v) is 3.13. The minimum Gasteiger partial charge on any atom is -0.362 e. The molecule has 0 bridgehead atoms. The number of nitro groups is 1. The Morgan fingerprint density at radius 3 is 2.33 bits per heavy atom. The number of rotatable bonds is 4. The Labute approximate surface area is 156 Å². The van der Waals surface area contributed by atoms with Crippen LogP contribution in [0.4, 0.5) is 15.8 Å². The molecule has 1 amide bonds. The lowest BCUT2D eigenvalue weighted by molar-refractivity contribution is -0.384. The van der Waals surface area contributed by atoms with Crippen LogP contribution in [0.5, 0.6) is 0 Å². The van der Waals surface area contributed by atoms with Gasteiger partial charge >= 0.3 is 0 Å². The van der Waals surface area contributed by atoms with Crippen LogP contribution in [0.2, 0.25) is 0 Å². The van der Waals surface area contributed by atoms with Crippen LogP contribution in [0.15, 0.2) is 54.6 Å². The van der Waals surface area contributed by atoms with Gasteiger partial charge in [-0.2, -0.15) is 0 Å². The lowest BCUT2D eigenvalue weighted by atomic mass is 10.1. The zero-order chi connectivity index (χ0) is 19.4. The standard InChI is InChI=1S/C20H20FN3O3/c1-15(16-6-8-17(21)9-7-16)14-20(25)23-12-10-22(11-13-23)18-4-2-3-5-19(18)24(26)27/h2-9,14H,10-13H2,1H3/b15-14-. The maximum absolute atomic E-state index is 13.0. The van der Waals surface area contributed by atoms with E-state index in [2.05, 4.69) is 0 Å². The highest BCUT2D eigenvalue weighted by Crippen LogP contribution is 2.28. The second kappa shape index (κ2) is 7.99. The fraction of sp³-hybridized carbons (Fsp3) is 0.250. The summed E-state index contributed by atoms with van der Waals surface area (Å²) in [5.41, 5.74) is 2.21. The van der Waals surface area contributed by atoms with E-state index in [1.807, 2.05) is 11.8 Å². The minimum atomic E-state index is -0.387. The molecule has 1 heterocycles. The third-order valence-corrected chi connectivity index (χ3v) is 4.65. The normalized spacial score (nSPS) is 15.0. The van der Waals surface area contributed by atoms with Gasteiger partial charge in [0.25, 0.3) is 5.69 Å². The number of nitrogens with zero attached hydrogens (tertiary/aromatic N) is 3. The number of amides is 1. The van der Waals surface area contributed by atoms with Gasteiger partial charge in [0.2, 0.25) is 5.91 Å². The number of para-hydroxylation sites is 2. The van der Waals surface area contributed by atoms with Gasteiger partial charge in [0, 0.05) is 38.3 Å². The molecule has 1 aliphatic heterocycles. The van der Waals surface area contributed by atoms with Crippen LogP contribution in [0.25, 0.3) is 5.57 Å². The molecule has 7 heteroatoms. The van der Waals surface area contributed by atoms with Crippen molar-refractivity contribution in [3.63, 3.8) is 0 Å². The molecule has 27 heavy (non-hydrogen) atoms. The van der Waals surface area contributed by atoms with Crippen LogP contribution in [0.1, 0.15) is 12.5 Å². The Kier molecular flexibility index (Phi) is 5.49. The molecule has 6 nitrogen and oxygen atoms in total. The summed E-state index contributed by atoms with van der Waals surface area (Å²) in [5.74, 6) is -0.428. The third-order valence-electron chi connectivity index (χ3n) is 4.65. The quantitative estimate of drug-likeness (QED) is 0.470. The molecule has 0 aliphatic carbocycles. The van der Waals surface area contributed by atoms with Crippen molar-refractivity contribution in [1.82, 2.24) is 4.90 Å². The summed E-state index contributed by atoms with van der Waals surface area (Å²) in [6.07, 6.45) is 1.55. The van der Waals surface area contributed by atoms with E-state index >= 15 is 0 Å². The third kappa shape index (κ3) is 4.31. The first-order valence-corrected chi connectivity index (χ1v) is 8.67. The van der Waals surface area contributed by atoms with E-state index in [4.69, 9.17) is 0 Å². The second-order valence-corrected chi connectivity index (χ2v) is 6.39. The van der Waals surface area contributed by atoms with Crippen molar-refractivity contribution in [2.45, 2.75) is 6.92 Å². The number of carbonyl (C=O) groups is 1. The van der Waals surface area contributed by atoms with Crippen LogP contribution in [0, 0.1) is 15.9 Å². The van der Waals surface area contributed by atoms with Gasteiger partial charge in [-0.3, -0.25) is 14.9 Å². The molecule has 2 aromatic rings. The Balaban J connectivity index is 1.65. The first kappa shape index (κ1) is 18.6. The molecule has 3 rings (SSSR count). The van der Waals surface area contributed by atoms with Gasteiger partial charge in [-0.1, -0.05) is 24.3 Å². The molecule has 1 saturated heterocycles. The maximum atomic E-state index is 13.0. The number of carbonyl (C=O) groups excluding carboxylic acids is 1. The topological polar surface area (TPSA) is 66.7 Å². The lowest BCUT2D eigenvalue weighted by Gasteiger charge is -2.35. The first-order valence-electron chi connectivity index (χ1n) is 8.67. The number of allylic oxidation sites excluding steroid dienone is 1. The number of halogens is 1. The molecular weight excluding hydrogens is 349 g/mol. The number of piperazine rings is 1. The van der Waals surface area contributed by atoms with E-state index in [0.29, 0.717) is 31.9 Å². The van der Waals surface area contributed by atoms with Crippen molar-refractivity contribution < 1.29 is 14.1 Å². The van der Waals surface area contributed by atoms with Crippen molar-refractivity contribution >= 4 is 22.9 Å². The second-order valence-electron chi connectivity index (χ2n) is 6.39. The SMILES string of the molecule is C/C(=C/C(=O)N1CCN(c2ccccc2[N+](=O)[O-])CC1)c1ccc(F)cc1. The molecule has 0 atom stereocenters. The molecule has 0 N–H and O–H groups in total. The fourth-order valence-electron chi connectivity index (χ4n) is 3.13. The molecule has 0 saturated carbocycles. The van der Waals surface area contributed by atoms with Crippen LogP contribution in [0.3, 0.4) is 0 Å². The highest BCUT2D eigenvalue weighted by atomic mass is 19.1. The summed E-state index contributed by atoms with van der Waals surface area (Å²) in [5, 5.41) is 11.2. The molecule has 2 aromatic carbocycles. The molecule has 0 radical (unpaired) electrons. The zero-order valence-electron chi connectivity index (χ0n) is 15.0. The Hall–Kier alpha value is -3.22. The van der Waals surface area contributed by atoms with Gasteiger partial charge in [-0.15, -0.1) is 0 Å². The van der Waals surface area contributed by atoms with Crippen molar-refractivity contribution in [3.8, 4) is 0 Å². The number of nitro benzene ring substituents is 1. The summed E-state index contributed by atoms with van der Waals surface area (Å²) in [7, 11) is 0. The maximum Gasteiger partial charge on any atom is 0.292 e. The van der Waals surface area contributed by atoms with Gasteiger partial charge in [-0.05, 0) is 36.3 Å². The Bertz CT molecular complexity index is 872. The van der Waals surface area contributed by atoms with Crippen molar-refractivity contribution in [1.29, 1.82) is 0 Å². The van der Waals surface area contributed by atoms with Crippen LogP contribution < -0.4 is 4.90 Å². The van der Waals surface area contributed by atoms with Gasteiger partial charge in [0.1, 0.15) is 11.5 Å². The van der Waals surface area contributed by atoms with Gasteiger partial charge < -0.3 is 9.80 Å². The van der Waals surface area contributed by atoms with Gasteiger partial charge in [0.05, 0.1) is 4.92 Å². The highest BCUT2D eigenvalue weighted by Gasteiger charge is 2.24. The minimum absolute atomic E-state index is 0.0735. The van der Waals surface area contributed by atoms with Crippen LogP contribution >= 0.6 is 0 Å². The van der Waals surface area contributed by atoms with Crippen LogP contribution in [-0.2, 0) is 4.79 Å². The average Bonchev–Trinajstić information content (AvgIpc) is 2.68. The summed E-state index contributed by atoms with van der Waals surface area (Å²) in [6.45, 7) is 3.84. The number of hydrogen-bond donors (Lipinski definition) is 0. The summed E-state index contributed by atoms with van der Waals surface area (Å²) < 4.78 is 13.0. The molecule has 0 aromatic heterocycles. The van der Waals surface area contributed by atoms with Gasteiger partial charge in [-0.25, -0.2) is 4.39 Å². The smallest absolute Gasteiger partial charge is 0.292 e. The van der Waals surface area contributed by atoms with Crippen molar-refractivity contribution in [2.24, 2.45) is 0 Å². The van der Waals surface area contributed by atoms with E-state index < -0.39 is 0 Å². The number of benzene rings is 2. The van der Waals surface area contributed by atoms with Crippen LogP contribution in [-0.4, -0.2) is 41.9 Å². The molecule has 1 aliphatic rings. The van der Waals surface area contributed by atoms with E-state index in [-0.39, 0.29) is 22.3 Å². The zero-order valence-corrected chi connectivity index (χ0v) is 15.0. The predicted molar refractivity (Wildman–Crippen MR) is 102 cm³/mol. The number of hydrogen-bond acceptors (Lipinski definition) is 4. The summed E-state index contributed by atoms with van der Waals surface area (Å²) in [4.78, 5) is 27.0. The van der Waals surface area contributed by atoms with E-state index in [1.165, 1.54) is 18.2 Å².